The molecule has 2 rings (SSSR count). The number of rotatable bonds is 0. The minimum absolute atomic E-state index is 0.634. The highest BCUT2D eigenvalue weighted by molar-refractivity contribution is 4.85. The Kier molecular flexibility index (Phi) is 5.84. The van der Waals surface area contributed by atoms with E-state index in [1.807, 2.05) is 0 Å². The van der Waals surface area contributed by atoms with Crippen LogP contribution in [0.2, 0.25) is 0 Å². The van der Waals surface area contributed by atoms with E-state index >= 15 is 0 Å². The predicted octanol–water partition coefficient (Wildman–Crippen LogP) is 5.08. The van der Waals surface area contributed by atoms with Gasteiger partial charge in [-0.3, -0.25) is 0 Å². The molecule has 1 nitrogen and oxygen atoms in total. The van der Waals surface area contributed by atoms with E-state index in [9.17, 15) is 0 Å². The summed E-state index contributed by atoms with van der Waals surface area (Å²) in [4.78, 5) is 0. The van der Waals surface area contributed by atoms with Gasteiger partial charge in [-0.05, 0) is 18.8 Å². The number of hydrogen-bond acceptors (Lipinski definition) is 1. The Balaban J connectivity index is 1.67. The number of ether oxygens (including phenoxy) is 1. The van der Waals surface area contributed by atoms with E-state index < -0.39 is 0 Å². The molecule has 1 saturated carbocycles. The Hall–Kier alpha value is -0.0400. The third-order valence-electron chi connectivity index (χ3n) is 4.51. The first-order chi connectivity index (χ1) is 8.36. The van der Waals surface area contributed by atoms with Gasteiger partial charge in [-0.15, -0.1) is 0 Å². The molecule has 1 heterocycles. The quantitative estimate of drug-likeness (QED) is 0.536. The van der Waals surface area contributed by atoms with Crippen LogP contribution >= 0.6 is 0 Å². The second-order valence-electron chi connectivity index (χ2n) is 6.31. The molecule has 0 amide bonds. The summed E-state index contributed by atoms with van der Waals surface area (Å²) < 4.78 is 5.79. The van der Waals surface area contributed by atoms with Crippen LogP contribution in [0.5, 0.6) is 0 Å². The van der Waals surface area contributed by atoms with Gasteiger partial charge in [0.05, 0.1) is 12.2 Å². The Labute approximate surface area is 107 Å². The van der Waals surface area contributed by atoms with E-state index in [0.717, 1.165) is 5.92 Å². The highest BCUT2D eigenvalue weighted by atomic mass is 16.6. The van der Waals surface area contributed by atoms with Crippen molar-refractivity contribution in [2.45, 2.75) is 96.2 Å². The molecule has 0 bridgehead atoms. The molecule has 0 N–H and O–H groups in total. The third-order valence-corrected chi connectivity index (χ3v) is 4.51. The fourth-order valence-corrected chi connectivity index (χ4v) is 3.23. The summed E-state index contributed by atoms with van der Waals surface area (Å²) in [5.41, 5.74) is 0. The first kappa shape index (κ1) is 13.4. The maximum atomic E-state index is 5.79. The molecule has 0 radical (unpaired) electrons. The van der Waals surface area contributed by atoms with Gasteiger partial charge in [0.2, 0.25) is 0 Å². The van der Waals surface area contributed by atoms with Gasteiger partial charge in [0.25, 0.3) is 0 Å². The van der Waals surface area contributed by atoms with Gasteiger partial charge >= 0.3 is 0 Å². The van der Waals surface area contributed by atoms with Crippen LogP contribution in [0.25, 0.3) is 0 Å². The molecule has 0 aromatic carbocycles. The van der Waals surface area contributed by atoms with Crippen LogP contribution in [-0.2, 0) is 4.74 Å². The molecule has 1 aliphatic heterocycles. The van der Waals surface area contributed by atoms with Crippen molar-refractivity contribution in [2.75, 3.05) is 0 Å². The van der Waals surface area contributed by atoms with Gasteiger partial charge in [-0.1, -0.05) is 71.1 Å². The molecule has 0 aromatic heterocycles. The molecule has 2 fully saturated rings. The summed E-state index contributed by atoms with van der Waals surface area (Å²) >= 11 is 0. The minimum atomic E-state index is 0.634. The number of hydrogen-bond donors (Lipinski definition) is 0. The minimum Gasteiger partial charge on any atom is -0.370 e. The molecule has 1 aliphatic carbocycles. The third kappa shape index (κ3) is 5.42. The number of fused-ring (bicyclic) bond motifs is 1. The van der Waals surface area contributed by atoms with Gasteiger partial charge in [-0.25, -0.2) is 0 Å². The van der Waals surface area contributed by atoms with Crippen molar-refractivity contribution in [1.29, 1.82) is 0 Å². The first-order valence-corrected chi connectivity index (χ1v) is 8.02. The van der Waals surface area contributed by atoms with Gasteiger partial charge in [0.1, 0.15) is 0 Å². The van der Waals surface area contributed by atoms with Crippen molar-refractivity contribution in [2.24, 2.45) is 5.92 Å². The van der Waals surface area contributed by atoms with Gasteiger partial charge < -0.3 is 4.74 Å². The lowest BCUT2D eigenvalue weighted by Gasteiger charge is -2.09. The van der Waals surface area contributed by atoms with Crippen molar-refractivity contribution in [1.82, 2.24) is 0 Å². The molecular weight excluding hydrogens is 208 g/mol. The van der Waals surface area contributed by atoms with E-state index in [1.165, 1.54) is 77.0 Å². The van der Waals surface area contributed by atoms with E-state index in [1.54, 1.807) is 0 Å². The zero-order valence-electron chi connectivity index (χ0n) is 11.6. The van der Waals surface area contributed by atoms with Crippen molar-refractivity contribution in [3.05, 3.63) is 0 Å². The summed E-state index contributed by atoms with van der Waals surface area (Å²) in [6, 6.07) is 0. The standard InChI is InChI=1S/C16H30O/c1-14-11-9-7-5-3-2-4-6-8-10-12-15-16(13-14)17-15/h14-16H,2-13H2,1H3. The Morgan fingerprint density at radius 2 is 1.18 bits per heavy atom. The van der Waals surface area contributed by atoms with Crippen molar-refractivity contribution in [3.8, 4) is 0 Å². The van der Waals surface area contributed by atoms with Crippen LogP contribution in [0.15, 0.2) is 0 Å². The highest BCUT2D eigenvalue weighted by Gasteiger charge is 2.38. The zero-order chi connectivity index (χ0) is 11.9. The maximum Gasteiger partial charge on any atom is 0.0844 e. The molecule has 1 heteroatoms. The van der Waals surface area contributed by atoms with Crippen molar-refractivity contribution < 1.29 is 4.74 Å². The monoisotopic (exact) mass is 238 g/mol. The van der Waals surface area contributed by atoms with Crippen LogP contribution in [-0.4, -0.2) is 12.2 Å². The molecule has 0 spiro atoms. The second-order valence-corrected chi connectivity index (χ2v) is 6.31. The van der Waals surface area contributed by atoms with Crippen LogP contribution in [0.3, 0.4) is 0 Å². The SMILES string of the molecule is CC1CCCCCCCCCCCC2OC2C1. The molecule has 0 aromatic rings. The number of epoxide rings is 1. The Morgan fingerprint density at radius 3 is 1.82 bits per heavy atom. The highest BCUT2D eigenvalue weighted by Crippen LogP contribution is 2.34. The van der Waals surface area contributed by atoms with Crippen molar-refractivity contribution in [3.63, 3.8) is 0 Å². The zero-order valence-corrected chi connectivity index (χ0v) is 11.6. The molecule has 3 atom stereocenters. The molecule has 3 unspecified atom stereocenters. The van der Waals surface area contributed by atoms with E-state index in [0.29, 0.717) is 12.2 Å². The molecule has 1 saturated heterocycles. The summed E-state index contributed by atoms with van der Waals surface area (Å²) in [6.07, 6.45) is 18.4. The van der Waals surface area contributed by atoms with Crippen molar-refractivity contribution >= 4 is 0 Å². The van der Waals surface area contributed by atoms with E-state index in [2.05, 4.69) is 6.92 Å². The smallest absolute Gasteiger partial charge is 0.0844 e. The molecule has 2 aliphatic rings. The van der Waals surface area contributed by atoms with Crippen LogP contribution in [0.1, 0.15) is 84.0 Å². The van der Waals surface area contributed by atoms with Crippen LogP contribution < -0.4 is 0 Å². The summed E-state index contributed by atoms with van der Waals surface area (Å²) in [6.45, 7) is 2.41. The van der Waals surface area contributed by atoms with Crippen LogP contribution in [0.4, 0.5) is 0 Å². The van der Waals surface area contributed by atoms with E-state index in [4.69, 9.17) is 4.74 Å². The largest absolute Gasteiger partial charge is 0.370 e. The van der Waals surface area contributed by atoms with E-state index in [-0.39, 0.29) is 0 Å². The maximum absolute atomic E-state index is 5.79. The van der Waals surface area contributed by atoms with Crippen LogP contribution in [0, 0.1) is 5.92 Å². The lowest BCUT2D eigenvalue weighted by Crippen LogP contribution is -2.02. The first-order valence-electron chi connectivity index (χ1n) is 8.02. The van der Waals surface area contributed by atoms with Gasteiger partial charge in [-0.2, -0.15) is 0 Å². The normalized spacial score (nSPS) is 37.6. The van der Waals surface area contributed by atoms with Gasteiger partial charge in [0, 0.05) is 0 Å². The summed E-state index contributed by atoms with van der Waals surface area (Å²) in [5, 5.41) is 0. The predicted molar refractivity (Wildman–Crippen MR) is 73.2 cm³/mol. The Bertz CT molecular complexity index is 202. The average Bonchev–Trinajstić information content (AvgIpc) is 3.03. The van der Waals surface area contributed by atoms with Gasteiger partial charge in [0.15, 0.2) is 0 Å². The topological polar surface area (TPSA) is 12.5 Å². The fraction of sp³-hybridized carbons (Fsp3) is 1.00. The average molecular weight is 238 g/mol. The Morgan fingerprint density at radius 1 is 0.647 bits per heavy atom. The molecular formula is C16H30O. The second kappa shape index (κ2) is 7.41. The molecule has 100 valence electrons. The summed E-state index contributed by atoms with van der Waals surface area (Å²) in [7, 11) is 0. The molecule has 17 heavy (non-hydrogen) atoms. The fourth-order valence-electron chi connectivity index (χ4n) is 3.23. The summed E-state index contributed by atoms with van der Waals surface area (Å²) in [5.74, 6) is 0.884. The lowest BCUT2D eigenvalue weighted by molar-refractivity contribution is 0.325. The lowest BCUT2D eigenvalue weighted by atomic mass is 9.96.